The van der Waals surface area contributed by atoms with Gasteiger partial charge in [-0.2, -0.15) is 18.4 Å². The highest BCUT2D eigenvalue weighted by molar-refractivity contribution is 8.00. The number of alkyl halides is 3. The number of aryl methyl sites for hydroxylation is 1. The molecule has 1 atom stereocenters. The van der Waals surface area contributed by atoms with Gasteiger partial charge in [-0.1, -0.05) is 11.8 Å². The van der Waals surface area contributed by atoms with E-state index in [-0.39, 0.29) is 39.9 Å². The zero-order valence-electron chi connectivity index (χ0n) is 16.3. The first-order valence-corrected chi connectivity index (χ1v) is 12.1. The van der Waals surface area contributed by atoms with Gasteiger partial charge in [-0.15, -0.1) is 0 Å². The smallest absolute Gasteiger partial charge is 0.339 e. The summed E-state index contributed by atoms with van der Waals surface area (Å²) in [6.45, 7) is 3.37. The van der Waals surface area contributed by atoms with Gasteiger partial charge >= 0.3 is 6.18 Å². The van der Waals surface area contributed by atoms with Gasteiger partial charge in [0.1, 0.15) is 11.1 Å². The summed E-state index contributed by atoms with van der Waals surface area (Å²) in [6.07, 6.45) is -4.08. The maximum absolute atomic E-state index is 13.2. The number of hydrogen-bond donors (Lipinski definition) is 0. The summed E-state index contributed by atoms with van der Waals surface area (Å²) in [5.74, 6) is -0.0356. The third-order valence-corrected chi connectivity index (χ3v) is 7.97. The molecule has 3 heterocycles. The highest BCUT2D eigenvalue weighted by Gasteiger charge is 2.36. The van der Waals surface area contributed by atoms with Crippen molar-refractivity contribution < 1.29 is 26.4 Å². The first-order valence-electron chi connectivity index (χ1n) is 9.34. The van der Waals surface area contributed by atoms with Crippen LogP contribution >= 0.6 is 11.8 Å². The molecule has 2 aliphatic rings. The molecule has 12 heteroatoms. The standard InChI is InChI=1S/C18H21F3N4O3S2/c1-12-8-15(18(19,20)21)14(9-22)17(23-12)29-10-16(26)25-5-3-24(4-6-25)13-2-7-30(27,28)11-13/h8,13H,2-7,10-11H2,1H3. The third kappa shape index (κ3) is 5.25. The first-order chi connectivity index (χ1) is 14.0. The van der Waals surface area contributed by atoms with Gasteiger partial charge in [0.05, 0.1) is 28.4 Å². The van der Waals surface area contributed by atoms with E-state index in [0.717, 1.165) is 17.8 Å². The Morgan fingerprint density at radius 3 is 2.53 bits per heavy atom. The van der Waals surface area contributed by atoms with Gasteiger partial charge in [0.15, 0.2) is 9.84 Å². The summed E-state index contributed by atoms with van der Waals surface area (Å²) in [6, 6.07) is 2.37. The summed E-state index contributed by atoms with van der Waals surface area (Å²) in [5.41, 5.74) is -1.50. The average molecular weight is 463 g/mol. The number of pyridine rings is 1. The highest BCUT2D eigenvalue weighted by atomic mass is 32.2. The Morgan fingerprint density at radius 1 is 1.33 bits per heavy atom. The van der Waals surface area contributed by atoms with E-state index >= 15 is 0 Å². The fourth-order valence-corrected chi connectivity index (χ4v) is 6.41. The lowest BCUT2D eigenvalue weighted by Gasteiger charge is -2.37. The summed E-state index contributed by atoms with van der Waals surface area (Å²) in [5, 5.41) is 9.09. The van der Waals surface area contributed by atoms with E-state index in [2.05, 4.69) is 9.88 Å². The van der Waals surface area contributed by atoms with Crippen LogP contribution in [0.25, 0.3) is 0 Å². The van der Waals surface area contributed by atoms with Crippen LogP contribution in [0.15, 0.2) is 11.1 Å². The number of nitriles is 1. The van der Waals surface area contributed by atoms with Crippen LogP contribution in [-0.4, -0.2) is 78.6 Å². The Labute approximate surface area is 177 Å². The van der Waals surface area contributed by atoms with E-state index in [9.17, 15) is 31.6 Å². The van der Waals surface area contributed by atoms with Crippen molar-refractivity contribution in [3.8, 4) is 6.07 Å². The molecular weight excluding hydrogens is 441 g/mol. The number of amides is 1. The number of nitrogens with zero attached hydrogens (tertiary/aromatic N) is 4. The lowest BCUT2D eigenvalue weighted by atomic mass is 10.1. The van der Waals surface area contributed by atoms with Gasteiger partial charge in [-0.3, -0.25) is 9.69 Å². The van der Waals surface area contributed by atoms with Crippen molar-refractivity contribution in [3.63, 3.8) is 0 Å². The Balaban J connectivity index is 1.59. The number of sulfone groups is 1. The molecule has 1 aromatic rings. The minimum Gasteiger partial charge on any atom is -0.339 e. The predicted octanol–water partition coefficient (Wildman–Crippen LogP) is 1.70. The number of carbonyl (C=O) groups excluding carboxylic acids is 1. The number of hydrogen-bond acceptors (Lipinski definition) is 7. The number of aromatic nitrogens is 1. The van der Waals surface area contributed by atoms with Gasteiger partial charge in [0, 0.05) is 37.9 Å². The van der Waals surface area contributed by atoms with E-state index < -0.39 is 27.1 Å². The Hall–Kier alpha value is -1.84. The molecule has 7 nitrogen and oxygen atoms in total. The molecule has 0 N–H and O–H groups in total. The minimum absolute atomic E-state index is 0.0166. The highest BCUT2D eigenvalue weighted by Crippen LogP contribution is 2.36. The molecule has 0 aliphatic carbocycles. The predicted molar refractivity (Wildman–Crippen MR) is 105 cm³/mol. The molecule has 0 bridgehead atoms. The topological polar surface area (TPSA) is 94.4 Å². The SMILES string of the molecule is Cc1cc(C(F)(F)F)c(C#N)c(SCC(=O)N2CCN(C3CCS(=O)(=O)C3)CC2)n1. The van der Waals surface area contributed by atoms with Crippen LogP contribution in [-0.2, 0) is 20.8 Å². The van der Waals surface area contributed by atoms with Crippen LogP contribution in [0.3, 0.4) is 0 Å². The van der Waals surface area contributed by atoms with Crippen molar-refractivity contribution in [2.75, 3.05) is 43.4 Å². The molecule has 2 fully saturated rings. The summed E-state index contributed by atoms with van der Waals surface area (Å²) in [7, 11) is -2.98. The van der Waals surface area contributed by atoms with Crippen molar-refractivity contribution in [2.24, 2.45) is 0 Å². The monoisotopic (exact) mass is 462 g/mol. The molecule has 0 saturated carbocycles. The van der Waals surface area contributed by atoms with Gasteiger partial charge in [-0.05, 0) is 19.4 Å². The van der Waals surface area contributed by atoms with Crippen LogP contribution in [0.1, 0.15) is 23.2 Å². The third-order valence-electron chi connectivity index (χ3n) is 5.26. The van der Waals surface area contributed by atoms with Crippen LogP contribution < -0.4 is 0 Å². The van der Waals surface area contributed by atoms with Crippen molar-refractivity contribution in [1.82, 2.24) is 14.8 Å². The van der Waals surface area contributed by atoms with Crippen molar-refractivity contribution in [3.05, 3.63) is 22.9 Å². The number of piperazine rings is 1. The molecule has 0 aromatic carbocycles. The molecule has 2 saturated heterocycles. The normalized spacial score (nSPS) is 22.1. The minimum atomic E-state index is -4.68. The van der Waals surface area contributed by atoms with Crippen molar-refractivity contribution in [2.45, 2.75) is 30.6 Å². The molecule has 1 aromatic heterocycles. The average Bonchev–Trinajstić information content (AvgIpc) is 3.04. The number of halogens is 3. The molecule has 2 aliphatic heterocycles. The molecule has 1 amide bonds. The lowest BCUT2D eigenvalue weighted by molar-refractivity contribution is -0.138. The van der Waals surface area contributed by atoms with Gasteiger partial charge in [-0.25, -0.2) is 13.4 Å². The maximum atomic E-state index is 13.2. The van der Waals surface area contributed by atoms with Gasteiger partial charge < -0.3 is 4.90 Å². The van der Waals surface area contributed by atoms with Gasteiger partial charge in [0.2, 0.25) is 5.91 Å². The van der Waals surface area contributed by atoms with E-state index in [1.165, 1.54) is 6.92 Å². The summed E-state index contributed by atoms with van der Waals surface area (Å²) >= 11 is 0.826. The van der Waals surface area contributed by atoms with Gasteiger partial charge in [0.25, 0.3) is 0 Å². The second-order valence-electron chi connectivity index (χ2n) is 7.36. The number of rotatable bonds is 4. The van der Waals surface area contributed by atoms with Crippen LogP contribution in [0.5, 0.6) is 0 Å². The molecule has 30 heavy (non-hydrogen) atoms. The van der Waals surface area contributed by atoms with Crippen molar-refractivity contribution in [1.29, 1.82) is 5.26 Å². The Morgan fingerprint density at radius 2 is 2.00 bits per heavy atom. The molecule has 0 spiro atoms. The second kappa shape index (κ2) is 8.72. The fraction of sp³-hybridized carbons (Fsp3) is 0.611. The second-order valence-corrected chi connectivity index (χ2v) is 10.6. The van der Waals surface area contributed by atoms with E-state index in [1.807, 2.05) is 0 Å². The zero-order chi connectivity index (χ0) is 22.1. The molecule has 0 radical (unpaired) electrons. The first kappa shape index (κ1) is 22.8. The Kier molecular flexibility index (Phi) is 6.64. The molecular formula is C18H21F3N4O3S2. The molecule has 3 rings (SSSR count). The van der Waals surface area contributed by atoms with Crippen LogP contribution in [0.4, 0.5) is 13.2 Å². The zero-order valence-corrected chi connectivity index (χ0v) is 17.9. The number of thioether (sulfide) groups is 1. The van der Waals surface area contributed by atoms with E-state index in [4.69, 9.17) is 0 Å². The van der Waals surface area contributed by atoms with E-state index in [1.54, 1.807) is 11.0 Å². The fourth-order valence-electron chi connectivity index (χ4n) is 3.70. The van der Waals surface area contributed by atoms with Crippen LogP contribution in [0, 0.1) is 18.3 Å². The van der Waals surface area contributed by atoms with Crippen molar-refractivity contribution >= 4 is 27.5 Å². The largest absolute Gasteiger partial charge is 0.417 e. The summed E-state index contributed by atoms with van der Waals surface area (Å²) < 4.78 is 62.9. The molecule has 1 unspecified atom stereocenters. The quantitative estimate of drug-likeness (QED) is 0.629. The maximum Gasteiger partial charge on any atom is 0.417 e. The lowest BCUT2D eigenvalue weighted by Crippen LogP contribution is -2.52. The van der Waals surface area contributed by atoms with Crippen LogP contribution in [0.2, 0.25) is 0 Å². The summed E-state index contributed by atoms with van der Waals surface area (Å²) in [4.78, 5) is 20.2. The number of carbonyl (C=O) groups is 1. The van der Waals surface area contributed by atoms with E-state index in [0.29, 0.717) is 32.6 Å². The Bertz CT molecular complexity index is 968. The molecule has 164 valence electrons.